The van der Waals surface area contributed by atoms with Gasteiger partial charge in [0.25, 0.3) is 0 Å². The number of benzene rings is 1. The van der Waals surface area contributed by atoms with Gasteiger partial charge >= 0.3 is 0 Å². The molecule has 0 saturated carbocycles. The molecule has 2 atom stereocenters. The third-order valence-corrected chi connectivity index (χ3v) is 4.92. The van der Waals surface area contributed by atoms with Crippen LogP contribution < -0.4 is 16.1 Å². The summed E-state index contributed by atoms with van der Waals surface area (Å²) < 4.78 is 0. The molecule has 0 spiro atoms. The Labute approximate surface area is 198 Å². The van der Waals surface area contributed by atoms with E-state index in [0.717, 1.165) is 31.6 Å². The molecule has 0 heterocycles. The lowest BCUT2D eigenvalue weighted by Crippen LogP contribution is -2.40. The van der Waals surface area contributed by atoms with Crippen LogP contribution in [0.2, 0.25) is 0 Å². The third-order valence-electron chi connectivity index (χ3n) is 4.92. The number of aliphatic hydroxyl groups is 1. The predicted molar refractivity (Wildman–Crippen MR) is 130 cm³/mol. The standard InChI is InChI=1S/C18H25N3O4.C4H10.C3H8O/c1-19-17(23)11-20-18(24)15(10-16(22)21-25)9-12-6-7-13-4-2-3-5-14(13)8-12;1-4(2)3;1-2-3-4/h2-5,12,15,25H,6-11H2,1H3,(H,19,23)(H,20,24)(H,21,22);4H,1-3H3;4H,2-3H2,1H3. The lowest BCUT2D eigenvalue weighted by Gasteiger charge is -2.27. The minimum absolute atomic E-state index is 0.103. The Balaban J connectivity index is 0.00000111. The average Bonchev–Trinajstić information content (AvgIpc) is 2.81. The van der Waals surface area contributed by atoms with E-state index in [4.69, 9.17) is 10.3 Å². The molecule has 2 rings (SSSR count). The van der Waals surface area contributed by atoms with Crippen molar-refractivity contribution >= 4 is 17.7 Å². The highest BCUT2D eigenvalue weighted by Crippen LogP contribution is 2.30. The fraction of sp³-hybridized carbons (Fsp3) is 0.640. The summed E-state index contributed by atoms with van der Waals surface area (Å²) in [5, 5.41) is 21.6. The largest absolute Gasteiger partial charge is 0.396 e. The number of hydrogen-bond donors (Lipinski definition) is 5. The number of aliphatic hydroxyl groups excluding tert-OH is 1. The molecule has 1 aromatic rings. The van der Waals surface area contributed by atoms with Crippen LogP contribution in [-0.4, -0.2) is 48.2 Å². The molecule has 8 nitrogen and oxygen atoms in total. The van der Waals surface area contributed by atoms with Gasteiger partial charge in [-0.3, -0.25) is 19.6 Å². The first-order chi connectivity index (χ1) is 15.7. The van der Waals surface area contributed by atoms with Crippen molar-refractivity contribution < 1.29 is 24.7 Å². The Kier molecular flexibility index (Phi) is 16.7. The third kappa shape index (κ3) is 14.3. The summed E-state index contributed by atoms with van der Waals surface area (Å²) in [6.07, 6.45) is 4.10. The first-order valence-corrected chi connectivity index (χ1v) is 11.8. The molecule has 3 amide bonds. The molecule has 0 aromatic heterocycles. The Hall–Kier alpha value is -2.45. The van der Waals surface area contributed by atoms with E-state index in [9.17, 15) is 14.4 Å². The van der Waals surface area contributed by atoms with Crippen molar-refractivity contribution in [2.24, 2.45) is 17.8 Å². The zero-order valence-corrected chi connectivity index (χ0v) is 20.8. The van der Waals surface area contributed by atoms with Gasteiger partial charge in [0.05, 0.1) is 6.54 Å². The van der Waals surface area contributed by atoms with Crippen molar-refractivity contribution in [1.29, 1.82) is 0 Å². The molecule has 8 heteroatoms. The zero-order valence-electron chi connectivity index (χ0n) is 20.8. The molecule has 0 saturated heterocycles. The van der Waals surface area contributed by atoms with Crippen molar-refractivity contribution in [3.05, 3.63) is 35.4 Å². The van der Waals surface area contributed by atoms with Crippen LogP contribution >= 0.6 is 0 Å². The molecule has 188 valence electrons. The monoisotopic (exact) mass is 465 g/mol. The minimum atomic E-state index is -0.601. The fourth-order valence-corrected chi connectivity index (χ4v) is 3.33. The number of likely N-dealkylation sites (N-methyl/N-ethyl adjacent to an activating group) is 1. The summed E-state index contributed by atoms with van der Waals surface area (Å²) >= 11 is 0. The van der Waals surface area contributed by atoms with Gasteiger partial charge in [-0.15, -0.1) is 0 Å². The number of carbonyl (C=O) groups excluding carboxylic acids is 3. The molecule has 5 N–H and O–H groups in total. The Morgan fingerprint density at radius 3 is 2.18 bits per heavy atom. The molecule has 0 bridgehead atoms. The normalized spacial score (nSPS) is 15.0. The number of hydroxylamine groups is 1. The number of hydrogen-bond acceptors (Lipinski definition) is 5. The Morgan fingerprint density at radius 2 is 1.67 bits per heavy atom. The van der Waals surface area contributed by atoms with Gasteiger partial charge in [-0.25, -0.2) is 5.48 Å². The second kappa shape index (κ2) is 18.0. The van der Waals surface area contributed by atoms with E-state index >= 15 is 0 Å². The quantitative estimate of drug-likeness (QED) is 0.298. The molecule has 1 aliphatic rings. The molecule has 2 unspecified atom stereocenters. The minimum Gasteiger partial charge on any atom is -0.396 e. The van der Waals surface area contributed by atoms with Crippen LogP contribution in [0.4, 0.5) is 0 Å². The summed E-state index contributed by atoms with van der Waals surface area (Å²) in [6.45, 7) is 8.63. The SMILES string of the molecule is CC(C)C.CCCO.CNC(=O)CNC(=O)C(CC(=O)NO)CC1CCc2ccccc2C1. The highest BCUT2D eigenvalue weighted by molar-refractivity contribution is 5.88. The van der Waals surface area contributed by atoms with E-state index in [1.54, 1.807) is 5.48 Å². The average molecular weight is 466 g/mol. The molecule has 0 aliphatic heterocycles. The summed E-state index contributed by atoms with van der Waals surface area (Å²) in [5.41, 5.74) is 4.21. The molecule has 0 fully saturated rings. The van der Waals surface area contributed by atoms with Crippen LogP contribution in [0.1, 0.15) is 64.5 Å². The van der Waals surface area contributed by atoms with Crippen molar-refractivity contribution in [2.45, 2.75) is 66.2 Å². The van der Waals surface area contributed by atoms with E-state index in [1.807, 2.05) is 19.1 Å². The van der Waals surface area contributed by atoms with Crippen LogP contribution in [0.25, 0.3) is 0 Å². The fourth-order valence-electron chi connectivity index (χ4n) is 3.33. The van der Waals surface area contributed by atoms with Crippen molar-refractivity contribution in [3.8, 4) is 0 Å². The van der Waals surface area contributed by atoms with Crippen LogP contribution in [0, 0.1) is 17.8 Å². The number of nitrogens with one attached hydrogen (secondary N) is 3. The number of aryl methyl sites for hydroxylation is 1. The van der Waals surface area contributed by atoms with Gasteiger partial charge in [0.2, 0.25) is 17.7 Å². The van der Waals surface area contributed by atoms with Gasteiger partial charge in [0.15, 0.2) is 0 Å². The van der Waals surface area contributed by atoms with E-state index in [2.05, 4.69) is 43.5 Å². The maximum atomic E-state index is 12.4. The predicted octanol–water partition coefficient (Wildman–Crippen LogP) is 2.61. The molecule has 1 aromatic carbocycles. The summed E-state index contributed by atoms with van der Waals surface area (Å²) in [4.78, 5) is 35.2. The number of carbonyl (C=O) groups is 3. The van der Waals surface area contributed by atoms with Crippen LogP contribution in [0.15, 0.2) is 24.3 Å². The molecular weight excluding hydrogens is 422 g/mol. The topological polar surface area (TPSA) is 128 Å². The molecular formula is C25H43N3O5. The second-order valence-corrected chi connectivity index (χ2v) is 8.90. The first-order valence-electron chi connectivity index (χ1n) is 11.8. The smallest absolute Gasteiger partial charge is 0.244 e. The highest BCUT2D eigenvalue weighted by atomic mass is 16.5. The molecule has 33 heavy (non-hydrogen) atoms. The summed E-state index contributed by atoms with van der Waals surface area (Å²) in [6, 6.07) is 8.26. The van der Waals surface area contributed by atoms with Gasteiger partial charge in [0, 0.05) is 26.0 Å². The second-order valence-electron chi connectivity index (χ2n) is 8.90. The number of fused-ring (bicyclic) bond motifs is 1. The van der Waals surface area contributed by atoms with Gasteiger partial charge in [-0.05, 0) is 55.1 Å². The number of rotatable bonds is 8. The van der Waals surface area contributed by atoms with Crippen molar-refractivity contribution in [3.63, 3.8) is 0 Å². The Bertz CT molecular complexity index is 704. The number of amides is 3. The summed E-state index contributed by atoms with van der Waals surface area (Å²) in [7, 11) is 1.49. The van der Waals surface area contributed by atoms with E-state index in [-0.39, 0.29) is 30.7 Å². The van der Waals surface area contributed by atoms with Crippen LogP contribution in [-0.2, 0) is 27.2 Å². The zero-order chi connectivity index (χ0) is 25.2. The van der Waals surface area contributed by atoms with Gasteiger partial charge in [0.1, 0.15) is 0 Å². The highest BCUT2D eigenvalue weighted by Gasteiger charge is 2.28. The molecule has 0 radical (unpaired) electrons. The van der Waals surface area contributed by atoms with E-state index in [0.29, 0.717) is 13.0 Å². The summed E-state index contributed by atoms with van der Waals surface area (Å²) in [5.74, 6) is -0.697. The van der Waals surface area contributed by atoms with E-state index in [1.165, 1.54) is 18.2 Å². The van der Waals surface area contributed by atoms with Gasteiger partial charge in [-0.2, -0.15) is 0 Å². The van der Waals surface area contributed by atoms with Crippen molar-refractivity contribution in [2.75, 3.05) is 20.2 Å². The van der Waals surface area contributed by atoms with Crippen LogP contribution in [0.5, 0.6) is 0 Å². The maximum Gasteiger partial charge on any atom is 0.244 e. The molecule has 1 aliphatic carbocycles. The van der Waals surface area contributed by atoms with E-state index < -0.39 is 11.8 Å². The maximum absolute atomic E-state index is 12.4. The van der Waals surface area contributed by atoms with Gasteiger partial charge in [-0.1, -0.05) is 52.0 Å². The van der Waals surface area contributed by atoms with Crippen molar-refractivity contribution in [1.82, 2.24) is 16.1 Å². The van der Waals surface area contributed by atoms with Gasteiger partial charge < -0.3 is 15.7 Å². The first kappa shape index (κ1) is 30.6. The lowest BCUT2D eigenvalue weighted by molar-refractivity contribution is -0.135. The Morgan fingerprint density at radius 1 is 1.09 bits per heavy atom. The van der Waals surface area contributed by atoms with Crippen LogP contribution in [0.3, 0.4) is 0 Å². The lowest BCUT2D eigenvalue weighted by atomic mass is 9.78.